The topological polar surface area (TPSA) is 51.8 Å². The molecule has 0 aliphatic carbocycles. The molecule has 0 aliphatic rings. The lowest BCUT2D eigenvalue weighted by molar-refractivity contribution is 0.597. The molecule has 0 bridgehead atoms. The second-order valence-corrected chi connectivity index (χ2v) is 2.78. The Morgan fingerprint density at radius 3 is 2.64 bits per heavy atom. The van der Waals surface area contributed by atoms with Gasteiger partial charge in [-0.25, -0.2) is 9.97 Å². The molecule has 2 N–H and O–H groups in total. The molecule has 3 nitrogen and oxygen atoms in total. The van der Waals surface area contributed by atoms with Gasteiger partial charge in [0.25, 0.3) is 0 Å². The minimum absolute atomic E-state index is 0.143. The molecule has 0 amide bonds. The van der Waals surface area contributed by atoms with Crippen LogP contribution in [0.25, 0.3) is 0 Å². The molecule has 2 unspecified atom stereocenters. The van der Waals surface area contributed by atoms with Gasteiger partial charge >= 0.3 is 0 Å². The molecule has 0 saturated heterocycles. The first-order valence-corrected chi connectivity index (χ1v) is 3.73. The highest BCUT2D eigenvalue weighted by molar-refractivity contribution is 5.06. The van der Waals surface area contributed by atoms with E-state index in [1.165, 1.54) is 0 Å². The third-order valence-electron chi connectivity index (χ3n) is 1.86. The van der Waals surface area contributed by atoms with E-state index in [1.54, 1.807) is 12.5 Å². The van der Waals surface area contributed by atoms with Gasteiger partial charge in [-0.15, -0.1) is 0 Å². The third kappa shape index (κ3) is 1.98. The van der Waals surface area contributed by atoms with Crippen molar-refractivity contribution in [1.29, 1.82) is 0 Å². The van der Waals surface area contributed by atoms with Crippen LogP contribution in [-0.4, -0.2) is 16.0 Å². The molecule has 3 heteroatoms. The predicted octanol–water partition coefficient (Wildman–Crippen LogP) is 0.927. The van der Waals surface area contributed by atoms with E-state index in [4.69, 9.17) is 5.73 Å². The van der Waals surface area contributed by atoms with Crippen LogP contribution in [0.5, 0.6) is 0 Å². The highest BCUT2D eigenvalue weighted by Crippen LogP contribution is 2.13. The zero-order valence-electron chi connectivity index (χ0n) is 6.86. The zero-order valence-corrected chi connectivity index (χ0v) is 6.86. The smallest absolute Gasteiger partial charge is 0.115 e. The largest absolute Gasteiger partial charge is 0.327 e. The standard InChI is InChI=1S/C8H13N3/c1-6(7(2)9)8-3-4-10-5-11-8/h3-7H,9H2,1-2H3. The first kappa shape index (κ1) is 8.14. The maximum Gasteiger partial charge on any atom is 0.115 e. The molecule has 0 saturated carbocycles. The van der Waals surface area contributed by atoms with Crippen molar-refractivity contribution in [2.24, 2.45) is 5.73 Å². The van der Waals surface area contributed by atoms with Crippen molar-refractivity contribution in [1.82, 2.24) is 9.97 Å². The molecule has 1 rings (SSSR count). The number of aromatic nitrogens is 2. The van der Waals surface area contributed by atoms with E-state index in [0.29, 0.717) is 5.92 Å². The minimum atomic E-state index is 0.143. The van der Waals surface area contributed by atoms with Gasteiger partial charge in [-0.3, -0.25) is 0 Å². The highest BCUT2D eigenvalue weighted by Gasteiger charge is 2.10. The summed E-state index contributed by atoms with van der Waals surface area (Å²) in [6.45, 7) is 4.04. The molecular weight excluding hydrogens is 138 g/mol. The molecule has 1 aromatic heterocycles. The second-order valence-electron chi connectivity index (χ2n) is 2.78. The van der Waals surface area contributed by atoms with Crippen LogP contribution in [0.15, 0.2) is 18.6 Å². The van der Waals surface area contributed by atoms with Crippen molar-refractivity contribution in [3.63, 3.8) is 0 Å². The van der Waals surface area contributed by atoms with E-state index in [-0.39, 0.29) is 6.04 Å². The normalized spacial score (nSPS) is 15.9. The summed E-state index contributed by atoms with van der Waals surface area (Å²) < 4.78 is 0. The first-order valence-electron chi connectivity index (χ1n) is 3.73. The van der Waals surface area contributed by atoms with Crippen LogP contribution in [0.2, 0.25) is 0 Å². The second kappa shape index (κ2) is 3.44. The molecular formula is C8H13N3. The Kier molecular flexibility index (Phi) is 2.54. The summed E-state index contributed by atoms with van der Waals surface area (Å²) in [5.41, 5.74) is 6.72. The number of nitrogens with zero attached hydrogens (tertiary/aromatic N) is 2. The summed E-state index contributed by atoms with van der Waals surface area (Å²) in [6, 6.07) is 2.04. The molecule has 0 radical (unpaired) electrons. The van der Waals surface area contributed by atoms with Crippen LogP contribution in [0.1, 0.15) is 25.5 Å². The molecule has 0 fully saturated rings. The molecule has 0 aromatic carbocycles. The first-order chi connectivity index (χ1) is 5.22. The molecule has 0 spiro atoms. The van der Waals surface area contributed by atoms with E-state index in [2.05, 4.69) is 16.9 Å². The number of nitrogens with two attached hydrogens (primary N) is 1. The highest BCUT2D eigenvalue weighted by atomic mass is 14.8. The van der Waals surface area contributed by atoms with Crippen molar-refractivity contribution in [3.8, 4) is 0 Å². The van der Waals surface area contributed by atoms with E-state index in [9.17, 15) is 0 Å². The monoisotopic (exact) mass is 151 g/mol. The quantitative estimate of drug-likeness (QED) is 0.684. The zero-order chi connectivity index (χ0) is 8.27. The van der Waals surface area contributed by atoms with Gasteiger partial charge in [0.2, 0.25) is 0 Å². The average molecular weight is 151 g/mol. The number of hydrogen-bond acceptors (Lipinski definition) is 3. The van der Waals surface area contributed by atoms with Gasteiger partial charge < -0.3 is 5.73 Å². The average Bonchev–Trinajstić information content (AvgIpc) is 2.05. The van der Waals surface area contributed by atoms with E-state index >= 15 is 0 Å². The van der Waals surface area contributed by atoms with Gasteiger partial charge in [0.1, 0.15) is 6.33 Å². The Morgan fingerprint density at radius 2 is 2.18 bits per heavy atom. The molecule has 60 valence electrons. The van der Waals surface area contributed by atoms with Crippen LogP contribution in [0.4, 0.5) is 0 Å². The summed E-state index contributed by atoms with van der Waals surface area (Å²) in [5, 5.41) is 0. The van der Waals surface area contributed by atoms with Crippen LogP contribution < -0.4 is 5.73 Å². The van der Waals surface area contributed by atoms with Gasteiger partial charge in [-0.1, -0.05) is 6.92 Å². The summed E-state index contributed by atoms with van der Waals surface area (Å²) in [4.78, 5) is 7.94. The fourth-order valence-corrected chi connectivity index (χ4v) is 0.840. The van der Waals surface area contributed by atoms with E-state index in [0.717, 1.165) is 5.69 Å². The fraction of sp³-hybridized carbons (Fsp3) is 0.500. The summed E-state index contributed by atoms with van der Waals surface area (Å²) >= 11 is 0. The lowest BCUT2D eigenvalue weighted by Crippen LogP contribution is -2.23. The molecule has 1 aromatic rings. The van der Waals surface area contributed by atoms with E-state index in [1.807, 2.05) is 13.0 Å². The van der Waals surface area contributed by atoms with Crippen molar-refractivity contribution in [2.75, 3.05) is 0 Å². The minimum Gasteiger partial charge on any atom is -0.327 e. The third-order valence-corrected chi connectivity index (χ3v) is 1.86. The van der Waals surface area contributed by atoms with Gasteiger partial charge in [-0.05, 0) is 13.0 Å². The van der Waals surface area contributed by atoms with Gasteiger partial charge in [0.05, 0.1) is 0 Å². The lowest BCUT2D eigenvalue weighted by atomic mass is 10.0. The van der Waals surface area contributed by atoms with Gasteiger partial charge in [0, 0.05) is 23.9 Å². The van der Waals surface area contributed by atoms with Crippen molar-refractivity contribution in [2.45, 2.75) is 25.8 Å². The molecule has 1 heterocycles. The molecule has 0 aliphatic heterocycles. The van der Waals surface area contributed by atoms with Crippen LogP contribution in [-0.2, 0) is 0 Å². The maximum absolute atomic E-state index is 5.71. The van der Waals surface area contributed by atoms with Crippen molar-refractivity contribution in [3.05, 3.63) is 24.3 Å². The Balaban J connectivity index is 2.77. The Labute approximate surface area is 66.7 Å². The molecule has 2 atom stereocenters. The van der Waals surface area contributed by atoms with Crippen molar-refractivity contribution >= 4 is 0 Å². The Hall–Kier alpha value is -0.960. The fourth-order valence-electron chi connectivity index (χ4n) is 0.840. The van der Waals surface area contributed by atoms with Gasteiger partial charge in [-0.2, -0.15) is 0 Å². The lowest BCUT2D eigenvalue weighted by Gasteiger charge is -2.13. The SMILES string of the molecule is CC(N)C(C)c1ccncn1. The summed E-state index contributed by atoms with van der Waals surface area (Å²) in [7, 11) is 0. The summed E-state index contributed by atoms with van der Waals surface area (Å²) in [5.74, 6) is 0.304. The van der Waals surface area contributed by atoms with Crippen LogP contribution in [0.3, 0.4) is 0 Å². The van der Waals surface area contributed by atoms with Gasteiger partial charge in [0.15, 0.2) is 0 Å². The molecule has 11 heavy (non-hydrogen) atoms. The number of rotatable bonds is 2. The van der Waals surface area contributed by atoms with E-state index < -0.39 is 0 Å². The predicted molar refractivity (Wildman–Crippen MR) is 44.1 cm³/mol. The Morgan fingerprint density at radius 1 is 1.45 bits per heavy atom. The summed E-state index contributed by atoms with van der Waals surface area (Å²) in [6.07, 6.45) is 3.29. The van der Waals surface area contributed by atoms with Crippen LogP contribution >= 0.6 is 0 Å². The maximum atomic E-state index is 5.71. The van der Waals surface area contributed by atoms with Crippen LogP contribution in [0, 0.1) is 0 Å². The Bertz CT molecular complexity index is 208. The van der Waals surface area contributed by atoms with Crippen molar-refractivity contribution < 1.29 is 0 Å². The number of hydrogen-bond donors (Lipinski definition) is 1.